The molecular weight excluding hydrogens is 348 g/mol. The summed E-state index contributed by atoms with van der Waals surface area (Å²) in [6.45, 7) is 1.55. The van der Waals surface area contributed by atoms with Gasteiger partial charge in [-0.1, -0.05) is 24.3 Å². The molecule has 2 N–H and O–H groups in total. The van der Waals surface area contributed by atoms with E-state index in [1.54, 1.807) is 17.0 Å². The van der Waals surface area contributed by atoms with Gasteiger partial charge in [0.05, 0.1) is 25.3 Å². The van der Waals surface area contributed by atoms with Crippen molar-refractivity contribution in [1.29, 1.82) is 0 Å². The number of ketones is 1. The summed E-state index contributed by atoms with van der Waals surface area (Å²) >= 11 is 0. The molecule has 2 atom stereocenters. The van der Waals surface area contributed by atoms with Gasteiger partial charge in [0, 0.05) is 18.2 Å². The highest BCUT2D eigenvalue weighted by Crippen LogP contribution is 2.43. The largest absolute Gasteiger partial charge is 0.466 e. The fourth-order valence-corrected chi connectivity index (χ4v) is 4.02. The van der Waals surface area contributed by atoms with Crippen molar-refractivity contribution in [2.24, 2.45) is 0 Å². The van der Waals surface area contributed by atoms with Gasteiger partial charge >= 0.3 is 12.0 Å². The van der Waals surface area contributed by atoms with Crippen LogP contribution in [0.5, 0.6) is 0 Å². The summed E-state index contributed by atoms with van der Waals surface area (Å²) in [6.07, 6.45) is 2.04. The van der Waals surface area contributed by atoms with E-state index in [1.807, 2.05) is 12.1 Å². The Morgan fingerprint density at radius 2 is 1.93 bits per heavy atom. The van der Waals surface area contributed by atoms with Gasteiger partial charge in [-0.2, -0.15) is 0 Å². The lowest BCUT2D eigenvalue weighted by molar-refractivity contribution is -0.136. The van der Waals surface area contributed by atoms with Gasteiger partial charge in [0.2, 0.25) is 0 Å². The number of aliphatic hydroxyl groups is 1. The lowest BCUT2D eigenvalue weighted by Gasteiger charge is -2.37. The lowest BCUT2D eigenvalue weighted by atomic mass is 9.88. The summed E-state index contributed by atoms with van der Waals surface area (Å²) in [5, 5.41) is 11.6. The first-order chi connectivity index (χ1) is 13.0. The number of methoxy groups -OCH3 is 1. The molecule has 0 spiro atoms. The third-order valence-electron chi connectivity index (χ3n) is 5.27. The second kappa shape index (κ2) is 7.92. The molecule has 3 rings (SSSR count). The molecule has 0 aliphatic carbocycles. The van der Waals surface area contributed by atoms with Gasteiger partial charge in [-0.05, 0) is 37.3 Å². The molecule has 0 aromatic heterocycles. The number of hydrogen-bond acceptors (Lipinski definition) is 5. The zero-order valence-electron chi connectivity index (χ0n) is 15.5. The van der Waals surface area contributed by atoms with Crippen molar-refractivity contribution < 1.29 is 24.2 Å². The molecule has 1 aromatic rings. The van der Waals surface area contributed by atoms with E-state index in [1.165, 1.54) is 14.0 Å². The Bertz CT molecular complexity index is 784. The number of carbonyl (C=O) groups is 3. The van der Waals surface area contributed by atoms with Crippen molar-refractivity contribution in [2.45, 2.75) is 38.3 Å². The fraction of sp³-hybridized carbons (Fsp3) is 0.450. The van der Waals surface area contributed by atoms with Crippen molar-refractivity contribution in [3.63, 3.8) is 0 Å². The minimum absolute atomic E-state index is 0.00965. The van der Waals surface area contributed by atoms with E-state index < -0.39 is 5.97 Å². The third-order valence-corrected chi connectivity index (χ3v) is 5.27. The van der Waals surface area contributed by atoms with Gasteiger partial charge in [0.1, 0.15) is 0 Å². The van der Waals surface area contributed by atoms with Crippen molar-refractivity contribution in [3.05, 3.63) is 41.0 Å². The molecule has 1 saturated heterocycles. The molecule has 7 heteroatoms. The number of ether oxygens (including phenoxy) is 1. The molecule has 1 fully saturated rings. The van der Waals surface area contributed by atoms with Gasteiger partial charge in [-0.3, -0.25) is 4.79 Å². The molecule has 2 aliphatic heterocycles. The van der Waals surface area contributed by atoms with Crippen LogP contribution >= 0.6 is 0 Å². The van der Waals surface area contributed by atoms with Crippen LogP contribution in [0.1, 0.15) is 42.1 Å². The van der Waals surface area contributed by atoms with Crippen LogP contribution in [0.3, 0.4) is 0 Å². The SMILES string of the molecule is COC(=O)C1=C(c2ccc(C(C)=O)cc2)C[C@H]2CC[C@@H]1N2C(=O)NCCO. The van der Waals surface area contributed by atoms with E-state index in [0.717, 1.165) is 17.6 Å². The van der Waals surface area contributed by atoms with Crippen LogP contribution in [0.15, 0.2) is 29.8 Å². The predicted molar refractivity (Wildman–Crippen MR) is 99.1 cm³/mol. The molecule has 27 heavy (non-hydrogen) atoms. The number of nitrogens with one attached hydrogen (secondary N) is 1. The Kier molecular flexibility index (Phi) is 5.60. The second-order valence-corrected chi connectivity index (χ2v) is 6.83. The van der Waals surface area contributed by atoms with E-state index >= 15 is 0 Å². The number of esters is 1. The summed E-state index contributed by atoms with van der Waals surface area (Å²) in [5.41, 5.74) is 2.85. The Morgan fingerprint density at radius 3 is 2.52 bits per heavy atom. The van der Waals surface area contributed by atoms with Crippen LogP contribution in [-0.2, 0) is 9.53 Å². The number of carbonyl (C=O) groups excluding carboxylic acids is 3. The minimum Gasteiger partial charge on any atom is -0.466 e. The molecule has 2 bridgehead atoms. The molecule has 0 saturated carbocycles. The Morgan fingerprint density at radius 1 is 1.22 bits per heavy atom. The highest BCUT2D eigenvalue weighted by atomic mass is 16.5. The average Bonchev–Trinajstić information content (AvgIpc) is 2.99. The van der Waals surface area contributed by atoms with Gasteiger partial charge < -0.3 is 20.1 Å². The van der Waals surface area contributed by atoms with Crippen LogP contribution < -0.4 is 5.32 Å². The minimum atomic E-state index is -0.439. The van der Waals surface area contributed by atoms with Crippen LogP contribution in [0.4, 0.5) is 4.79 Å². The van der Waals surface area contributed by atoms with Crippen LogP contribution in [0.2, 0.25) is 0 Å². The maximum Gasteiger partial charge on any atom is 0.336 e. The number of hydrogen-bond donors (Lipinski definition) is 2. The fourth-order valence-electron chi connectivity index (χ4n) is 4.02. The standard InChI is InChI=1S/C20H24N2O5/c1-12(24)13-3-5-14(6-4-13)16-11-15-7-8-17(18(16)19(25)27-2)22(15)20(26)21-9-10-23/h3-6,15,17,23H,7-11H2,1-2H3,(H,21,26)/t15-,17+/m1/s1. The first kappa shape index (κ1) is 19.1. The molecule has 7 nitrogen and oxygen atoms in total. The maximum absolute atomic E-state index is 12.6. The molecule has 2 aliphatic rings. The van der Waals surface area contributed by atoms with E-state index in [-0.39, 0.29) is 37.0 Å². The van der Waals surface area contributed by atoms with Crippen LogP contribution in [-0.4, -0.2) is 60.1 Å². The Labute approximate surface area is 158 Å². The molecule has 2 amide bonds. The van der Waals surface area contributed by atoms with Crippen molar-refractivity contribution in [1.82, 2.24) is 10.2 Å². The highest BCUT2D eigenvalue weighted by Gasteiger charge is 2.46. The van der Waals surface area contributed by atoms with Crippen LogP contribution in [0, 0.1) is 0 Å². The third kappa shape index (κ3) is 3.60. The zero-order chi connectivity index (χ0) is 19.6. The van der Waals surface area contributed by atoms with E-state index in [0.29, 0.717) is 24.0 Å². The molecule has 2 heterocycles. The van der Waals surface area contributed by atoms with Crippen molar-refractivity contribution in [3.8, 4) is 0 Å². The molecule has 144 valence electrons. The van der Waals surface area contributed by atoms with Gasteiger partial charge in [-0.15, -0.1) is 0 Å². The predicted octanol–water partition coefficient (Wildman–Crippen LogP) is 1.75. The Balaban J connectivity index is 1.99. The van der Waals surface area contributed by atoms with E-state index in [2.05, 4.69) is 5.32 Å². The number of benzene rings is 1. The van der Waals surface area contributed by atoms with Gasteiger partial charge in [-0.25, -0.2) is 9.59 Å². The average molecular weight is 372 g/mol. The first-order valence-electron chi connectivity index (χ1n) is 9.07. The van der Waals surface area contributed by atoms with Crippen molar-refractivity contribution >= 4 is 23.4 Å². The number of urea groups is 1. The monoisotopic (exact) mass is 372 g/mol. The van der Waals surface area contributed by atoms with Crippen LogP contribution in [0.25, 0.3) is 5.57 Å². The number of aliphatic hydroxyl groups excluding tert-OH is 1. The normalized spacial score (nSPS) is 21.2. The second-order valence-electron chi connectivity index (χ2n) is 6.83. The lowest BCUT2D eigenvalue weighted by Crippen LogP contribution is -2.51. The van der Waals surface area contributed by atoms with Crippen molar-refractivity contribution in [2.75, 3.05) is 20.3 Å². The topological polar surface area (TPSA) is 95.9 Å². The number of rotatable bonds is 5. The smallest absolute Gasteiger partial charge is 0.336 e. The number of nitrogens with zero attached hydrogens (tertiary/aromatic N) is 1. The highest BCUT2D eigenvalue weighted by molar-refractivity contribution is 6.01. The van der Waals surface area contributed by atoms with E-state index in [4.69, 9.17) is 9.84 Å². The molecule has 0 unspecified atom stereocenters. The first-order valence-corrected chi connectivity index (χ1v) is 9.07. The summed E-state index contributed by atoms with van der Waals surface area (Å²) in [5.74, 6) is -0.454. The maximum atomic E-state index is 12.6. The molecule has 1 aromatic carbocycles. The molecular formula is C20H24N2O5. The quantitative estimate of drug-likeness (QED) is 0.606. The van der Waals surface area contributed by atoms with E-state index in [9.17, 15) is 14.4 Å². The van der Waals surface area contributed by atoms with Gasteiger partial charge in [0.25, 0.3) is 0 Å². The summed E-state index contributed by atoms with van der Waals surface area (Å²) in [4.78, 5) is 38.3. The summed E-state index contributed by atoms with van der Waals surface area (Å²) < 4.78 is 5.01. The number of Topliss-reactive ketones (excluding diaryl/α,β-unsaturated/α-hetero) is 1. The van der Waals surface area contributed by atoms with Gasteiger partial charge in [0.15, 0.2) is 5.78 Å². The Hall–Kier alpha value is -2.67. The number of amides is 2. The molecule has 0 radical (unpaired) electrons. The zero-order valence-corrected chi connectivity index (χ0v) is 15.5. The summed E-state index contributed by atoms with van der Waals surface area (Å²) in [6, 6.07) is 6.56. The summed E-state index contributed by atoms with van der Waals surface area (Å²) in [7, 11) is 1.34. The number of fused-ring (bicyclic) bond motifs is 2.